The quantitative estimate of drug-likeness (QED) is 0.0758. The molecule has 13 heteroatoms. The predicted molar refractivity (Wildman–Crippen MR) is 236 cm³/mol. The Kier molecular flexibility index (Phi) is 10.8. The number of amides is 4. The van der Waals surface area contributed by atoms with Crippen molar-refractivity contribution >= 4 is 58.8 Å². The third-order valence-electron chi connectivity index (χ3n) is 12.9. The van der Waals surface area contributed by atoms with Crippen LogP contribution in [0.2, 0.25) is 5.02 Å². The van der Waals surface area contributed by atoms with Crippen LogP contribution in [0, 0.1) is 29.5 Å². The minimum Gasteiger partial charge on any atom is -0.504 e. The molecule has 4 aliphatic rings. The van der Waals surface area contributed by atoms with Crippen molar-refractivity contribution in [1.82, 2.24) is 5.01 Å². The predicted octanol–water partition coefficient (Wildman–Crippen LogP) is 8.96. The number of phenols is 1. The zero-order valence-corrected chi connectivity index (χ0v) is 35.3. The van der Waals surface area contributed by atoms with Crippen LogP contribution in [0.3, 0.4) is 0 Å². The summed E-state index contributed by atoms with van der Waals surface area (Å²) in [6.07, 6.45) is 6.04. The number of benzene rings is 5. The minimum atomic E-state index is -1.59. The highest BCUT2D eigenvalue weighted by molar-refractivity contribution is 6.30. The normalized spacial score (nSPS) is 24.0. The number of fused-ring (bicyclic) bond motifs is 4. The number of carbonyl (C=O) groups excluding carboxylic acids is 4. The van der Waals surface area contributed by atoms with E-state index in [9.17, 15) is 23.9 Å². The average Bonchev–Trinajstić information content (AvgIpc) is 3.67. The third-order valence-corrected chi connectivity index (χ3v) is 13.2. The lowest BCUT2D eigenvalue weighted by Gasteiger charge is -2.50. The fraction of sp³-hybridized carbons (Fsp3) is 0.240. The lowest BCUT2D eigenvalue weighted by molar-refractivity contribution is -0.138. The van der Waals surface area contributed by atoms with Crippen LogP contribution in [0.15, 0.2) is 121 Å². The van der Waals surface area contributed by atoms with E-state index in [1.165, 1.54) is 35.2 Å². The van der Waals surface area contributed by atoms with Crippen molar-refractivity contribution in [2.75, 3.05) is 31.2 Å². The van der Waals surface area contributed by atoms with Crippen LogP contribution in [0.5, 0.6) is 23.0 Å². The van der Waals surface area contributed by atoms with Gasteiger partial charge in [-0.05, 0) is 121 Å². The van der Waals surface area contributed by atoms with Gasteiger partial charge in [0.25, 0.3) is 11.8 Å². The van der Waals surface area contributed by atoms with Gasteiger partial charge in [0.1, 0.15) is 17.3 Å². The summed E-state index contributed by atoms with van der Waals surface area (Å²) in [4.78, 5) is 61.0. The van der Waals surface area contributed by atoms with E-state index in [-0.39, 0.29) is 42.8 Å². The van der Waals surface area contributed by atoms with E-state index in [2.05, 4.69) is 5.43 Å². The maximum atomic E-state index is 15.4. The van der Waals surface area contributed by atoms with Gasteiger partial charge in [0.15, 0.2) is 11.5 Å². The second-order valence-electron chi connectivity index (χ2n) is 16.1. The van der Waals surface area contributed by atoms with Gasteiger partial charge in [-0.25, -0.2) is 4.39 Å². The van der Waals surface area contributed by atoms with Crippen LogP contribution < -0.4 is 24.5 Å². The number of imide groups is 2. The summed E-state index contributed by atoms with van der Waals surface area (Å²) in [5.41, 5.74) is 5.55. The van der Waals surface area contributed by atoms with E-state index >= 15 is 4.79 Å². The summed E-state index contributed by atoms with van der Waals surface area (Å²) < 4.78 is 30.7. The Bertz CT molecular complexity index is 2700. The molecule has 3 fully saturated rings. The van der Waals surface area contributed by atoms with E-state index in [1.807, 2.05) is 48.6 Å². The number of hydrogen-bond donors (Lipinski definition) is 2. The van der Waals surface area contributed by atoms with Crippen LogP contribution in [-0.4, -0.2) is 54.6 Å². The highest BCUT2D eigenvalue weighted by Crippen LogP contribution is 2.64. The molecule has 5 aromatic carbocycles. The Hall–Kier alpha value is -6.92. The first kappa shape index (κ1) is 41.4. The van der Waals surface area contributed by atoms with Gasteiger partial charge in [0.2, 0.25) is 11.8 Å². The second kappa shape index (κ2) is 16.4. The van der Waals surface area contributed by atoms with Crippen LogP contribution in [-0.2, 0) is 24.6 Å². The molecule has 6 atom stereocenters. The number of hydrazine groups is 1. The van der Waals surface area contributed by atoms with Crippen LogP contribution in [0.25, 0.3) is 12.2 Å². The summed E-state index contributed by atoms with van der Waals surface area (Å²) in [6, 6.07) is 29.6. The van der Waals surface area contributed by atoms with Crippen molar-refractivity contribution in [1.29, 1.82) is 0 Å². The molecule has 1 saturated carbocycles. The van der Waals surface area contributed by atoms with Gasteiger partial charge in [-0.3, -0.25) is 29.5 Å². The second-order valence-corrected chi connectivity index (χ2v) is 16.5. The smallest absolute Gasteiger partial charge is 0.260 e. The fourth-order valence-corrected chi connectivity index (χ4v) is 10.3. The van der Waals surface area contributed by atoms with Gasteiger partial charge in [0, 0.05) is 16.5 Å². The molecule has 2 heterocycles. The van der Waals surface area contributed by atoms with Crippen molar-refractivity contribution in [2.45, 2.75) is 31.1 Å². The van der Waals surface area contributed by atoms with E-state index in [4.69, 9.17) is 25.8 Å². The Morgan fingerprint density at radius 3 is 2.27 bits per heavy atom. The number of carbonyl (C=O) groups is 4. The average molecular weight is 868 g/mol. The first-order valence-corrected chi connectivity index (χ1v) is 21.1. The topological polar surface area (TPSA) is 135 Å². The summed E-state index contributed by atoms with van der Waals surface area (Å²) in [7, 11) is 3.19. The van der Waals surface area contributed by atoms with Crippen molar-refractivity contribution in [3.05, 3.63) is 154 Å². The van der Waals surface area contributed by atoms with E-state index in [0.29, 0.717) is 39.0 Å². The minimum absolute atomic E-state index is 0.0685. The molecule has 4 amide bonds. The van der Waals surface area contributed by atoms with Gasteiger partial charge in [-0.1, -0.05) is 65.7 Å². The summed E-state index contributed by atoms with van der Waals surface area (Å²) in [5, 5.41) is 12.3. The Labute approximate surface area is 368 Å². The zero-order chi connectivity index (χ0) is 44.2. The number of hydrogen-bond acceptors (Lipinski definition) is 9. The number of allylic oxidation sites excluding steroid dienone is 2. The van der Waals surface area contributed by atoms with Gasteiger partial charge in [-0.2, -0.15) is 5.01 Å². The standard InChI is InChI=1S/C50H43ClFN3O8/c1-4-63-43-26-30(9-23-41(43)56)45-37-21-22-38-44(48(59)54(46(38)57)35-18-6-28(7-19-35)5-8-29-25-36(61-2)20-24-42(29)62-3)39(37)27-40-47(58)55(53-34-16-14-33(52)15-17-34)49(60)50(40,45)31-10-12-32(51)13-11-31/h5-21,23-26,38-40,44-45,53,56H,4,22,27H2,1-3H3. The summed E-state index contributed by atoms with van der Waals surface area (Å²) >= 11 is 6.42. The molecule has 63 heavy (non-hydrogen) atoms. The van der Waals surface area contributed by atoms with Crippen LogP contribution >= 0.6 is 11.6 Å². The molecular formula is C50H43ClFN3O8. The van der Waals surface area contributed by atoms with E-state index in [0.717, 1.165) is 21.7 Å². The zero-order valence-electron chi connectivity index (χ0n) is 34.6. The Balaban J connectivity index is 1.12. The number of phenolic OH excluding ortho intramolecular Hbond substituents is 1. The van der Waals surface area contributed by atoms with Crippen molar-refractivity contribution in [2.24, 2.45) is 23.7 Å². The molecule has 6 unspecified atom stereocenters. The Morgan fingerprint density at radius 2 is 1.57 bits per heavy atom. The Morgan fingerprint density at radius 1 is 0.825 bits per heavy atom. The van der Waals surface area contributed by atoms with Gasteiger partial charge >= 0.3 is 0 Å². The summed E-state index contributed by atoms with van der Waals surface area (Å²) in [5.74, 6) is -4.99. The third kappa shape index (κ3) is 6.89. The molecule has 0 aromatic heterocycles. The maximum absolute atomic E-state index is 15.4. The maximum Gasteiger partial charge on any atom is 0.260 e. The molecule has 2 N–H and O–H groups in total. The van der Waals surface area contributed by atoms with E-state index in [1.54, 1.807) is 69.7 Å². The van der Waals surface area contributed by atoms with Crippen molar-refractivity contribution < 1.29 is 42.9 Å². The molecule has 0 bridgehead atoms. The van der Waals surface area contributed by atoms with Gasteiger partial charge in [-0.15, -0.1) is 0 Å². The molecule has 0 spiro atoms. The first-order valence-electron chi connectivity index (χ1n) is 20.7. The van der Waals surface area contributed by atoms with Crippen LogP contribution in [0.1, 0.15) is 47.9 Å². The molecular weight excluding hydrogens is 825 g/mol. The lowest BCUT2D eigenvalue weighted by atomic mass is 9.49. The fourth-order valence-electron chi connectivity index (χ4n) is 10.2. The number of aromatic hydroxyl groups is 1. The molecule has 2 aliphatic carbocycles. The number of nitrogens with one attached hydrogen (secondary N) is 1. The monoisotopic (exact) mass is 867 g/mol. The number of rotatable bonds is 11. The number of methoxy groups -OCH3 is 2. The molecule has 2 saturated heterocycles. The highest BCUT2D eigenvalue weighted by Gasteiger charge is 2.70. The summed E-state index contributed by atoms with van der Waals surface area (Å²) in [6.45, 7) is 2.03. The van der Waals surface area contributed by atoms with Crippen LogP contribution in [0.4, 0.5) is 15.8 Å². The molecule has 5 aromatic rings. The highest BCUT2D eigenvalue weighted by atomic mass is 35.5. The van der Waals surface area contributed by atoms with Gasteiger partial charge < -0.3 is 19.3 Å². The number of halogens is 2. The van der Waals surface area contributed by atoms with Crippen molar-refractivity contribution in [3.8, 4) is 23.0 Å². The van der Waals surface area contributed by atoms with Gasteiger partial charge in [0.05, 0.1) is 55.4 Å². The number of anilines is 2. The number of nitrogens with zero attached hydrogens (tertiary/aromatic N) is 2. The molecule has 11 nitrogen and oxygen atoms in total. The molecule has 2 aliphatic heterocycles. The number of ether oxygens (including phenoxy) is 3. The largest absolute Gasteiger partial charge is 0.504 e. The van der Waals surface area contributed by atoms with E-state index < -0.39 is 52.6 Å². The SMILES string of the molecule is CCOc1cc(C2C3=CCC4C(=O)N(c5ccc(C=Cc6cc(OC)ccc6OC)cc5)C(=O)C4C3CC3C(=O)N(Nc4ccc(F)cc4)C(=O)C32c2ccc(Cl)cc2)ccc1O. The molecule has 9 rings (SSSR count). The molecule has 320 valence electrons. The first-order chi connectivity index (χ1) is 30.5. The van der Waals surface area contributed by atoms with Crippen molar-refractivity contribution in [3.63, 3.8) is 0 Å². The molecule has 0 radical (unpaired) electrons. The lowest BCUT2D eigenvalue weighted by Crippen LogP contribution is -2.53.